The third kappa shape index (κ3) is 3.87. The van der Waals surface area contributed by atoms with Crippen molar-refractivity contribution < 1.29 is 45.4 Å². The maximum absolute atomic E-state index is 13.7. The number of fused-ring (bicyclic) bond motifs is 3. The van der Waals surface area contributed by atoms with Gasteiger partial charge >= 0.3 is 0 Å². The molecule has 0 saturated heterocycles. The van der Waals surface area contributed by atoms with E-state index in [9.17, 15) is 39.9 Å². The minimum atomic E-state index is -2.89. The van der Waals surface area contributed by atoms with Gasteiger partial charge in [0.1, 0.15) is 22.8 Å². The number of halogens is 1. The SMILES string of the molecule is CCCl.C[C@H]1c2cccc(O)c2C(O)=C2C(=O)[C@]3(O)C(O)=C(C(N)=O)C(=O)[C@@H](N(C)C)[C@@H]3[C@@H](O)[C@@H]21.O. The van der Waals surface area contributed by atoms with Gasteiger partial charge in [-0.15, -0.1) is 11.6 Å². The topological polar surface area (TPSA) is 213 Å². The van der Waals surface area contributed by atoms with Crippen molar-refractivity contribution in [3.05, 3.63) is 46.2 Å². The standard InChI is InChI=1S/C22H24N2O8.C2H5Cl.H2O/c1-7-8-5-4-6-9(25)11(8)16(26)12-10(7)17(27)14-15(24(2)3)18(28)13(21(23)31)20(30)22(14,32)19(12)29;1-2-3;/h4-7,10,14-15,17,25-27,30,32H,1-3H3,(H2,23,31);2H2,1H3;1H2/t7-,10+,14+,15-,17-,22-;;/m0../s1. The van der Waals surface area contributed by atoms with Crippen LogP contribution in [0.5, 0.6) is 5.75 Å². The highest BCUT2D eigenvalue weighted by molar-refractivity contribution is 6.24. The molecule has 36 heavy (non-hydrogen) atoms. The summed E-state index contributed by atoms with van der Waals surface area (Å²) >= 11 is 5.00. The van der Waals surface area contributed by atoms with E-state index in [0.29, 0.717) is 5.56 Å². The molecule has 12 heteroatoms. The Morgan fingerprint density at radius 3 is 2.25 bits per heavy atom. The number of phenolic OH excluding ortho intramolecular Hbond substituents is 1. The van der Waals surface area contributed by atoms with Crippen LogP contribution in [-0.2, 0) is 14.4 Å². The molecule has 4 rings (SSSR count). The number of phenols is 1. The predicted octanol–water partition coefficient (Wildman–Crippen LogP) is -0.0838. The number of nitrogens with two attached hydrogens (primary N) is 1. The molecule has 0 heterocycles. The largest absolute Gasteiger partial charge is 0.508 e. The Hall–Kier alpha value is -2.96. The Balaban J connectivity index is 0.00000109. The summed E-state index contributed by atoms with van der Waals surface area (Å²) in [6.07, 6.45) is -1.59. The molecule has 1 saturated carbocycles. The summed E-state index contributed by atoms with van der Waals surface area (Å²) in [5.41, 5.74) is 1.47. The monoisotopic (exact) mass is 526 g/mol. The van der Waals surface area contributed by atoms with Gasteiger partial charge in [-0.1, -0.05) is 26.0 Å². The van der Waals surface area contributed by atoms with Gasteiger partial charge in [-0.3, -0.25) is 19.3 Å². The van der Waals surface area contributed by atoms with Crippen LogP contribution in [0.25, 0.3) is 5.76 Å². The number of aliphatic hydroxyl groups excluding tert-OH is 3. The summed E-state index contributed by atoms with van der Waals surface area (Å²) in [6.45, 7) is 3.57. The summed E-state index contributed by atoms with van der Waals surface area (Å²) in [4.78, 5) is 40.0. The normalized spacial score (nSPS) is 31.1. The van der Waals surface area contributed by atoms with Gasteiger partial charge in [0.25, 0.3) is 5.91 Å². The first kappa shape index (κ1) is 29.3. The van der Waals surface area contributed by atoms with Gasteiger partial charge in [-0.2, -0.15) is 0 Å². The smallest absolute Gasteiger partial charge is 0.255 e. The number of amides is 1. The highest BCUT2D eigenvalue weighted by Crippen LogP contribution is 2.55. The van der Waals surface area contributed by atoms with E-state index in [-0.39, 0.29) is 16.8 Å². The van der Waals surface area contributed by atoms with Gasteiger partial charge in [0, 0.05) is 17.4 Å². The van der Waals surface area contributed by atoms with E-state index in [4.69, 9.17) is 17.3 Å². The van der Waals surface area contributed by atoms with Crippen LogP contribution in [0.3, 0.4) is 0 Å². The average molecular weight is 527 g/mol. The third-order valence-electron chi connectivity index (χ3n) is 6.99. The minimum Gasteiger partial charge on any atom is -0.508 e. The first-order chi connectivity index (χ1) is 16.3. The van der Waals surface area contributed by atoms with Gasteiger partial charge in [0.2, 0.25) is 5.78 Å². The van der Waals surface area contributed by atoms with Crippen LogP contribution in [-0.4, -0.2) is 91.1 Å². The van der Waals surface area contributed by atoms with E-state index in [2.05, 4.69) is 0 Å². The van der Waals surface area contributed by atoms with E-state index in [1.54, 1.807) is 19.1 Å². The first-order valence-electron chi connectivity index (χ1n) is 11.0. The van der Waals surface area contributed by atoms with Crippen molar-refractivity contribution in [3.8, 4) is 5.75 Å². The van der Waals surface area contributed by atoms with Crippen LogP contribution in [0.2, 0.25) is 0 Å². The number of aliphatic hydroxyl groups is 4. The molecule has 1 fully saturated rings. The van der Waals surface area contributed by atoms with Crippen LogP contribution in [0, 0.1) is 11.8 Å². The number of ketones is 2. The Labute approximate surface area is 212 Å². The summed E-state index contributed by atoms with van der Waals surface area (Å²) in [5, 5.41) is 54.9. The number of likely N-dealkylation sites (N-methyl/N-ethyl adjacent to an activating group) is 1. The molecule has 0 aliphatic heterocycles. The summed E-state index contributed by atoms with van der Waals surface area (Å²) in [5.74, 6) is -8.14. The molecular formula is C24H31ClN2O9. The van der Waals surface area contributed by atoms with Gasteiger partial charge in [0.15, 0.2) is 11.4 Å². The molecule has 1 aromatic carbocycles. The zero-order valence-corrected chi connectivity index (χ0v) is 20.9. The average Bonchev–Trinajstić information content (AvgIpc) is 2.76. The minimum absolute atomic E-state index is 0. The van der Waals surface area contributed by atoms with Crippen LogP contribution in [0.15, 0.2) is 35.1 Å². The lowest BCUT2D eigenvalue weighted by Crippen LogP contribution is -2.70. The Morgan fingerprint density at radius 1 is 1.19 bits per heavy atom. The molecule has 0 aromatic heterocycles. The quantitative estimate of drug-likeness (QED) is 0.224. The number of carbonyl (C=O) groups is 3. The van der Waals surface area contributed by atoms with Crippen LogP contribution >= 0.6 is 11.6 Å². The maximum Gasteiger partial charge on any atom is 0.255 e. The van der Waals surface area contributed by atoms with Gasteiger partial charge in [-0.25, -0.2) is 0 Å². The fourth-order valence-electron chi connectivity index (χ4n) is 5.58. The molecule has 198 valence electrons. The summed E-state index contributed by atoms with van der Waals surface area (Å²) in [6, 6.07) is 3.13. The van der Waals surface area contributed by atoms with E-state index in [1.807, 2.05) is 6.92 Å². The van der Waals surface area contributed by atoms with Gasteiger partial charge < -0.3 is 36.7 Å². The molecule has 0 unspecified atom stereocenters. The molecule has 9 N–H and O–H groups in total. The van der Waals surface area contributed by atoms with Crippen LogP contribution < -0.4 is 5.73 Å². The first-order valence-corrected chi connectivity index (χ1v) is 11.5. The van der Waals surface area contributed by atoms with Crippen molar-refractivity contribution in [1.82, 2.24) is 4.90 Å². The second-order valence-electron chi connectivity index (χ2n) is 9.06. The zero-order chi connectivity index (χ0) is 26.6. The van der Waals surface area contributed by atoms with E-state index in [0.717, 1.165) is 5.88 Å². The van der Waals surface area contributed by atoms with Crippen molar-refractivity contribution in [1.29, 1.82) is 0 Å². The van der Waals surface area contributed by atoms with E-state index in [1.165, 1.54) is 25.1 Å². The molecule has 1 aromatic rings. The molecule has 3 aliphatic rings. The molecule has 0 radical (unpaired) electrons. The van der Waals surface area contributed by atoms with E-state index >= 15 is 0 Å². The van der Waals surface area contributed by atoms with Crippen molar-refractivity contribution in [2.75, 3.05) is 20.0 Å². The number of primary amides is 1. The molecule has 0 bridgehead atoms. The van der Waals surface area contributed by atoms with E-state index < -0.39 is 75.6 Å². The lowest BCUT2D eigenvalue weighted by atomic mass is 9.54. The second-order valence-corrected chi connectivity index (χ2v) is 9.59. The fraction of sp³-hybridized carbons (Fsp3) is 0.458. The number of aromatic hydroxyl groups is 1. The highest BCUT2D eigenvalue weighted by Gasteiger charge is 2.68. The van der Waals surface area contributed by atoms with Crippen molar-refractivity contribution in [2.45, 2.75) is 37.5 Å². The lowest BCUT2D eigenvalue weighted by Gasteiger charge is -2.53. The molecule has 1 amide bonds. The molecule has 11 nitrogen and oxygen atoms in total. The highest BCUT2D eigenvalue weighted by atomic mass is 35.5. The number of nitrogens with zero attached hydrogens (tertiary/aromatic N) is 1. The Kier molecular flexibility index (Phi) is 8.29. The number of benzene rings is 1. The molecule has 0 spiro atoms. The van der Waals surface area contributed by atoms with Crippen LogP contribution in [0.1, 0.15) is 30.9 Å². The predicted molar refractivity (Wildman–Crippen MR) is 130 cm³/mol. The van der Waals surface area contributed by atoms with Crippen molar-refractivity contribution in [3.63, 3.8) is 0 Å². The molecular weight excluding hydrogens is 496 g/mol. The summed E-state index contributed by atoms with van der Waals surface area (Å²) < 4.78 is 0. The number of alkyl halides is 1. The number of hydrogen-bond acceptors (Lipinski definition) is 9. The lowest BCUT2D eigenvalue weighted by molar-refractivity contribution is -0.169. The number of rotatable bonds is 2. The number of Topliss-reactive ketones (excluding diaryl/α,β-unsaturated/α-hetero) is 2. The zero-order valence-electron chi connectivity index (χ0n) is 20.2. The molecule has 3 aliphatic carbocycles. The molecule has 6 atom stereocenters. The van der Waals surface area contributed by atoms with Gasteiger partial charge in [0.05, 0.1) is 23.6 Å². The third-order valence-corrected chi connectivity index (χ3v) is 6.99. The van der Waals surface area contributed by atoms with Gasteiger partial charge in [-0.05, 0) is 31.6 Å². The van der Waals surface area contributed by atoms with Crippen molar-refractivity contribution in [2.24, 2.45) is 17.6 Å². The maximum atomic E-state index is 13.7. The summed E-state index contributed by atoms with van der Waals surface area (Å²) in [7, 11) is 2.92. The number of carbonyl (C=O) groups excluding carboxylic acids is 3. The second kappa shape index (κ2) is 10.2. The Bertz CT molecular complexity index is 1160. The van der Waals surface area contributed by atoms with Crippen molar-refractivity contribution >= 4 is 34.8 Å². The Morgan fingerprint density at radius 2 is 1.75 bits per heavy atom. The van der Waals surface area contributed by atoms with Crippen LogP contribution in [0.4, 0.5) is 0 Å². The fourth-order valence-corrected chi connectivity index (χ4v) is 5.58. The number of hydrogen-bond donors (Lipinski definition) is 6.